The van der Waals surface area contributed by atoms with Crippen LogP contribution in [0.3, 0.4) is 0 Å². The lowest BCUT2D eigenvalue weighted by atomic mass is 9.85. The number of para-hydroxylation sites is 1. The fourth-order valence-corrected chi connectivity index (χ4v) is 4.90. The molecule has 6 heteroatoms. The summed E-state index contributed by atoms with van der Waals surface area (Å²) in [4.78, 5) is 19.0. The maximum atomic E-state index is 12.8. The lowest BCUT2D eigenvalue weighted by molar-refractivity contribution is 0.0955. The minimum absolute atomic E-state index is 0.171. The number of rotatable bonds is 5. The van der Waals surface area contributed by atoms with Crippen LogP contribution in [0.25, 0.3) is 10.2 Å². The van der Waals surface area contributed by atoms with Gasteiger partial charge in [0.25, 0.3) is 5.91 Å². The van der Waals surface area contributed by atoms with Gasteiger partial charge >= 0.3 is 0 Å². The van der Waals surface area contributed by atoms with Crippen LogP contribution in [0.2, 0.25) is 0 Å². The Labute approximate surface area is 168 Å². The number of anilines is 1. The monoisotopic (exact) mass is 395 g/mol. The lowest BCUT2D eigenvalue weighted by Crippen LogP contribution is -2.22. The summed E-state index contributed by atoms with van der Waals surface area (Å²) in [6.07, 6.45) is 4.44. The topological polar surface area (TPSA) is 77.2 Å². The molecule has 4 rings (SSSR count). The van der Waals surface area contributed by atoms with E-state index in [1.807, 2.05) is 24.3 Å². The minimum atomic E-state index is -0.171. The molecule has 146 valence electrons. The molecule has 3 aromatic rings. The van der Waals surface area contributed by atoms with Crippen LogP contribution < -0.4 is 15.8 Å². The zero-order valence-electron chi connectivity index (χ0n) is 16.2. The number of ether oxygens (including phenoxy) is 1. The van der Waals surface area contributed by atoms with Gasteiger partial charge in [0, 0.05) is 23.2 Å². The molecule has 0 radical (unpaired) electrons. The van der Waals surface area contributed by atoms with Gasteiger partial charge in [0.2, 0.25) is 0 Å². The summed E-state index contributed by atoms with van der Waals surface area (Å²) >= 11 is 1.38. The molecule has 1 atom stereocenters. The van der Waals surface area contributed by atoms with E-state index < -0.39 is 0 Å². The average molecular weight is 396 g/mol. The van der Waals surface area contributed by atoms with Gasteiger partial charge in [0.15, 0.2) is 0 Å². The Balaban J connectivity index is 1.58. The van der Waals surface area contributed by atoms with Crippen LogP contribution in [0.4, 0.5) is 5.69 Å². The Kier molecular flexibility index (Phi) is 5.22. The molecule has 2 aromatic heterocycles. The summed E-state index contributed by atoms with van der Waals surface area (Å²) in [5.41, 5.74) is 10.3. The Morgan fingerprint density at radius 1 is 1.39 bits per heavy atom. The van der Waals surface area contributed by atoms with Crippen molar-refractivity contribution in [3.63, 3.8) is 0 Å². The van der Waals surface area contributed by atoms with Gasteiger partial charge in [0.05, 0.1) is 12.8 Å². The lowest BCUT2D eigenvalue weighted by Gasteiger charge is -2.22. The Hall–Kier alpha value is -2.60. The number of aromatic nitrogens is 1. The van der Waals surface area contributed by atoms with Crippen LogP contribution in [0.1, 0.15) is 46.3 Å². The van der Waals surface area contributed by atoms with E-state index in [-0.39, 0.29) is 5.91 Å². The highest BCUT2D eigenvalue weighted by Gasteiger charge is 2.23. The van der Waals surface area contributed by atoms with Crippen molar-refractivity contribution in [1.82, 2.24) is 10.3 Å². The second kappa shape index (κ2) is 7.80. The van der Waals surface area contributed by atoms with E-state index in [0.29, 0.717) is 17.1 Å². The van der Waals surface area contributed by atoms with Crippen molar-refractivity contribution in [2.45, 2.75) is 39.2 Å². The summed E-state index contributed by atoms with van der Waals surface area (Å²) in [7, 11) is 1.63. The van der Waals surface area contributed by atoms with Gasteiger partial charge in [0.1, 0.15) is 15.5 Å². The van der Waals surface area contributed by atoms with Crippen LogP contribution >= 0.6 is 11.3 Å². The number of benzene rings is 1. The number of carbonyl (C=O) groups is 1. The predicted molar refractivity (Wildman–Crippen MR) is 114 cm³/mol. The smallest absolute Gasteiger partial charge is 0.263 e. The van der Waals surface area contributed by atoms with E-state index in [1.54, 1.807) is 7.11 Å². The number of nitrogen functional groups attached to an aromatic ring is 1. The van der Waals surface area contributed by atoms with Gasteiger partial charge in [-0.15, -0.1) is 11.3 Å². The van der Waals surface area contributed by atoms with Crippen molar-refractivity contribution < 1.29 is 9.53 Å². The minimum Gasteiger partial charge on any atom is -0.496 e. The van der Waals surface area contributed by atoms with E-state index >= 15 is 0 Å². The molecule has 0 saturated heterocycles. The number of hydrogen-bond donors (Lipinski definition) is 2. The van der Waals surface area contributed by atoms with Crippen molar-refractivity contribution in [3.8, 4) is 5.75 Å². The van der Waals surface area contributed by atoms with Crippen LogP contribution in [0, 0.1) is 5.92 Å². The zero-order chi connectivity index (χ0) is 19.7. The highest BCUT2D eigenvalue weighted by atomic mass is 32.1. The molecule has 0 bridgehead atoms. The summed E-state index contributed by atoms with van der Waals surface area (Å²) in [6.45, 7) is 2.63. The highest BCUT2D eigenvalue weighted by molar-refractivity contribution is 7.21. The Morgan fingerprint density at radius 2 is 2.21 bits per heavy atom. The van der Waals surface area contributed by atoms with Gasteiger partial charge in [-0.25, -0.2) is 4.98 Å². The number of amides is 1. The number of aryl methyl sites for hydroxylation is 1. The van der Waals surface area contributed by atoms with Crippen molar-refractivity contribution in [1.29, 1.82) is 0 Å². The van der Waals surface area contributed by atoms with Crippen molar-refractivity contribution >= 4 is 33.1 Å². The maximum Gasteiger partial charge on any atom is 0.263 e. The molecule has 5 nitrogen and oxygen atoms in total. The standard InChI is InChI=1S/C22H25N3O2S/c1-3-13-8-9-17-15(10-13)11-16-19(23)20(28-22(16)25-17)21(26)24-12-14-6-4-5-7-18(14)27-2/h4-7,11,13H,3,8-10,12,23H2,1-2H3,(H,24,26)/t13-/m0/s1. The van der Waals surface area contributed by atoms with Gasteiger partial charge in [-0.1, -0.05) is 31.5 Å². The maximum absolute atomic E-state index is 12.8. The summed E-state index contributed by atoms with van der Waals surface area (Å²) in [5, 5.41) is 3.87. The Morgan fingerprint density at radius 3 is 3.00 bits per heavy atom. The number of methoxy groups -OCH3 is 1. The number of fused-ring (bicyclic) bond motifs is 2. The molecule has 2 heterocycles. The van der Waals surface area contributed by atoms with Gasteiger partial charge in [-0.05, 0) is 42.9 Å². The van der Waals surface area contributed by atoms with Crippen LogP contribution in [0.15, 0.2) is 30.3 Å². The molecule has 0 saturated carbocycles. The number of carbonyl (C=O) groups excluding carboxylic acids is 1. The molecule has 3 N–H and O–H groups in total. The third kappa shape index (κ3) is 3.44. The first-order valence-corrected chi connectivity index (χ1v) is 10.5. The van der Waals surface area contributed by atoms with Crippen molar-refractivity contribution in [2.24, 2.45) is 5.92 Å². The van der Waals surface area contributed by atoms with E-state index in [4.69, 9.17) is 15.5 Å². The normalized spacial score (nSPS) is 16.0. The molecule has 1 aliphatic carbocycles. The third-order valence-corrected chi connectivity index (χ3v) is 6.72. The molecule has 0 unspecified atom stereocenters. The van der Waals surface area contributed by atoms with Gasteiger partial charge < -0.3 is 15.8 Å². The highest BCUT2D eigenvalue weighted by Crippen LogP contribution is 2.36. The van der Waals surface area contributed by atoms with Crippen molar-refractivity contribution in [2.75, 3.05) is 12.8 Å². The quantitative estimate of drug-likeness (QED) is 0.674. The molecular weight excluding hydrogens is 370 g/mol. The van der Waals surface area contributed by atoms with Crippen LogP contribution in [-0.2, 0) is 19.4 Å². The van der Waals surface area contributed by atoms with Crippen LogP contribution in [0.5, 0.6) is 5.75 Å². The van der Waals surface area contributed by atoms with Gasteiger partial charge in [-0.2, -0.15) is 0 Å². The first-order valence-electron chi connectivity index (χ1n) is 9.71. The van der Waals surface area contributed by atoms with Crippen LogP contribution in [-0.4, -0.2) is 18.0 Å². The fraction of sp³-hybridized carbons (Fsp3) is 0.364. The zero-order valence-corrected chi connectivity index (χ0v) is 17.1. The van der Waals surface area contributed by atoms with E-state index in [9.17, 15) is 4.79 Å². The largest absolute Gasteiger partial charge is 0.496 e. The molecule has 1 aromatic carbocycles. The molecule has 0 fully saturated rings. The van der Waals surface area contributed by atoms with Crippen molar-refractivity contribution in [3.05, 3.63) is 52.0 Å². The average Bonchev–Trinajstić information content (AvgIpc) is 3.05. The summed E-state index contributed by atoms with van der Waals surface area (Å²) in [6, 6.07) is 9.81. The second-order valence-corrected chi connectivity index (χ2v) is 8.30. The summed E-state index contributed by atoms with van der Waals surface area (Å²) in [5.74, 6) is 1.30. The van der Waals surface area contributed by atoms with E-state index in [2.05, 4.69) is 18.3 Å². The number of pyridine rings is 1. The van der Waals surface area contributed by atoms with E-state index in [0.717, 1.165) is 40.3 Å². The number of nitrogens with two attached hydrogens (primary N) is 1. The predicted octanol–water partition coefficient (Wildman–Crippen LogP) is 4.33. The summed E-state index contributed by atoms with van der Waals surface area (Å²) < 4.78 is 5.35. The number of thiophene rings is 1. The number of nitrogens with zero attached hydrogens (tertiary/aromatic N) is 1. The number of nitrogens with one attached hydrogen (secondary N) is 1. The third-order valence-electron chi connectivity index (χ3n) is 5.60. The first-order chi connectivity index (χ1) is 13.6. The fourth-order valence-electron chi connectivity index (χ4n) is 3.89. The molecule has 1 amide bonds. The Bertz CT molecular complexity index is 1030. The van der Waals surface area contributed by atoms with Gasteiger partial charge in [-0.3, -0.25) is 4.79 Å². The molecule has 0 spiro atoms. The second-order valence-electron chi connectivity index (χ2n) is 7.30. The molecular formula is C22H25N3O2S. The van der Waals surface area contributed by atoms with E-state index in [1.165, 1.54) is 35.4 Å². The molecule has 28 heavy (non-hydrogen) atoms. The first kappa shape index (κ1) is 18.7. The molecule has 0 aliphatic heterocycles. The molecule has 1 aliphatic rings. The SMILES string of the molecule is CC[C@H]1CCc2nc3sc(C(=O)NCc4ccccc4OC)c(N)c3cc2C1. The number of hydrogen-bond acceptors (Lipinski definition) is 5.